The number of aliphatic imine (C=N–C) groups is 1. The highest BCUT2D eigenvalue weighted by atomic mass is 127. The van der Waals surface area contributed by atoms with Crippen molar-refractivity contribution in [3.05, 3.63) is 23.7 Å². The number of hydrogen-bond acceptors (Lipinski definition) is 5. The Bertz CT molecular complexity index is 714. The largest absolute Gasteiger partial charge is 0.469 e. The van der Waals surface area contributed by atoms with E-state index in [4.69, 9.17) is 9.15 Å². The van der Waals surface area contributed by atoms with Crippen molar-refractivity contribution in [2.24, 2.45) is 4.99 Å². The molecule has 0 atom stereocenters. The first kappa shape index (κ1) is 26.1. The minimum absolute atomic E-state index is 0. The number of hydrogen-bond donors (Lipinski definition) is 1. The van der Waals surface area contributed by atoms with E-state index in [0.717, 1.165) is 24.2 Å². The van der Waals surface area contributed by atoms with Crippen LogP contribution in [0.25, 0.3) is 0 Å². The summed E-state index contributed by atoms with van der Waals surface area (Å²) < 4.78 is 10.5. The maximum absolute atomic E-state index is 12.0. The van der Waals surface area contributed by atoms with Crippen molar-refractivity contribution in [2.75, 3.05) is 47.4 Å². The van der Waals surface area contributed by atoms with Gasteiger partial charge in [0.25, 0.3) is 0 Å². The lowest BCUT2D eigenvalue weighted by Gasteiger charge is -2.34. The van der Waals surface area contributed by atoms with E-state index >= 15 is 0 Å². The third-order valence-corrected chi connectivity index (χ3v) is 4.95. The number of rotatable bonds is 6. The monoisotopic (exact) mass is 535 g/mol. The van der Waals surface area contributed by atoms with Gasteiger partial charge in [0.1, 0.15) is 12.3 Å². The summed E-state index contributed by atoms with van der Waals surface area (Å²) in [6.07, 6.45) is 2.99. The molecular weight excluding hydrogens is 501 g/mol. The van der Waals surface area contributed by atoms with Gasteiger partial charge >= 0.3 is 6.09 Å². The lowest BCUT2D eigenvalue weighted by atomic mass is 10.1. The van der Waals surface area contributed by atoms with Gasteiger partial charge < -0.3 is 29.2 Å². The molecule has 2 amide bonds. The van der Waals surface area contributed by atoms with Crippen LogP contribution in [0.3, 0.4) is 0 Å². The number of halogens is 1. The third kappa shape index (κ3) is 7.69. The van der Waals surface area contributed by atoms with E-state index in [1.54, 1.807) is 25.3 Å². The molecule has 1 aliphatic heterocycles. The molecule has 0 aromatic carbocycles. The van der Waals surface area contributed by atoms with Crippen LogP contribution in [0.5, 0.6) is 0 Å². The second-order valence-electron chi connectivity index (χ2n) is 7.39. The van der Waals surface area contributed by atoms with E-state index < -0.39 is 0 Å². The quantitative estimate of drug-likeness (QED) is 0.342. The van der Waals surface area contributed by atoms with Crippen molar-refractivity contribution >= 4 is 41.9 Å². The molecule has 1 aromatic rings. The van der Waals surface area contributed by atoms with Crippen LogP contribution in [0.2, 0.25) is 0 Å². The van der Waals surface area contributed by atoms with Crippen LogP contribution in [-0.2, 0) is 16.1 Å². The molecule has 0 aliphatic carbocycles. The molecule has 0 spiro atoms. The Kier molecular flexibility index (Phi) is 11.0. The van der Waals surface area contributed by atoms with E-state index in [1.807, 2.05) is 31.9 Å². The summed E-state index contributed by atoms with van der Waals surface area (Å²) in [4.78, 5) is 33.7. The van der Waals surface area contributed by atoms with Crippen molar-refractivity contribution in [1.29, 1.82) is 0 Å². The molecule has 9 nitrogen and oxygen atoms in total. The number of likely N-dealkylation sites (tertiary alicyclic amines) is 1. The van der Waals surface area contributed by atoms with Gasteiger partial charge in [0.15, 0.2) is 5.96 Å². The third-order valence-electron chi connectivity index (χ3n) is 4.95. The van der Waals surface area contributed by atoms with Crippen LogP contribution in [0.4, 0.5) is 4.79 Å². The molecule has 170 valence electrons. The van der Waals surface area contributed by atoms with Crippen molar-refractivity contribution in [2.45, 2.75) is 39.3 Å². The Morgan fingerprint density at radius 1 is 1.30 bits per heavy atom. The summed E-state index contributed by atoms with van der Waals surface area (Å²) >= 11 is 0. The minimum atomic E-state index is -0.260. The molecule has 0 radical (unpaired) electrons. The van der Waals surface area contributed by atoms with Gasteiger partial charge in [-0.1, -0.05) is 0 Å². The normalized spacial score (nSPS) is 14.7. The molecule has 2 rings (SSSR count). The number of carbonyl (C=O) groups excluding carboxylic acids is 2. The number of nitrogens with one attached hydrogen (secondary N) is 1. The van der Waals surface area contributed by atoms with E-state index in [2.05, 4.69) is 10.3 Å². The van der Waals surface area contributed by atoms with E-state index in [9.17, 15) is 9.59 Å². The van der Waals surface area contributed by atoms with E-state index in [0.29, 0.717) is 32.2 Å². The van der Waals surface area contributed by atoms with Crippen LogP contribution in [-0.4, -0.2) is 86.1 Å². The van der Waals surface area contributed by atoms with Crippen LogP contribution >= 0.6 is 24.0 Å². The summed E-state index contributed by atoms with van der Waals surface area (Å²) in [5.74, 6) is 1.47. The number of furan rings is 1. The molecule has 1 N–H and O–H groups in total. The van der Waals surface area contributed by atoms with Gasteiger partial charge in [-0.2, -0.15) is 0 Å². The van der Waals surface area contributed by atoms with Crippen LogP contribution in [0.1, 0.15) is 31.1 Å². The number of nitrogens with zero attached hydrogens (tertiary/aromatic N) is 4. The summed E-state index contributed by atoms with van der Waals surface area (Å²) in [5, 5.41) is 3.47. The van der Waals surface area contributed by atoms with Gasteiger partial charge in [0.2, 0.25) is 5.91 Å². The van der Waals surface area contributed by atoms with Crippen molar-refractivity contribution in [3.63, 3.8) is 0 Å². The van der Waals surface area contributed by atoms with Crippen LogP contribution < -0.4 is 5.32 Å². The fourth-order valence-electron chi connectivity index (χ4n) is 3.07. The standard InChI is InChI=1S/C20H33N5O4.HI/c1-6-28-20(27)25-10-7-17(8-11-25)22-19(21-13-18(26)23(3)4)24(5)14-16-9-12-29-15(16)2;/h9,12,17H,6-8,10-11,13-14H2,1-5H3,(H,21,22);1H. The lowest BCUT2D eigenvalue weighted by molar-refractivity contribution is -0.127. The SMILES string of the molecule is CCOC(=O)N1CCC(NC(=NCC(=O)N(C)C)N(C)Cc2ccoc2C)CC1.I. The highest BCUT2D eigenvalue weighted by Crippen LogP contribution is 2.14. The maximum Gasteiger partial charge on any atom is 0.409 e. The molecule has 1 aliphatic rings. The number of amides is 2. The minimum Gasteiger partial charge on any atom is -0.469 e. The highest BCUT2D eigenvalue weighted by molar-refractivity contribution is 14.0. The van der Waals surface area contributed by atoms with Gasteiger partial charge in [-0.05, 0) is 32.8 Å². The fraction of sp³-hybridized carbons (Fsp3) is 0.650. The lowest BCUT2D eigenvalue weighted by Crippen LogP contribution is -2.50. The van der Waals surface area contributed by atoms with E-state index in [1.165, 1.54) is 4.90 Å². The number of guanidine groups is 1. The van der Waals surface area contributed by atoms with Gasteiger partial charge in [-0.25, -0.2) is 9.79 Å². The first-order valence-corrected chi connectivity index (χ1v) is 9.98. The van der Waals surface area contributed by atoms with Gasteiger partial charge in [0, 0.05) is 52.4 Å². The molecule has 1 aromatic heterocycles. The van der Waals surface area contributed by atoms with Gasteiger partial charge in [-0.15, -0.1) is 24.0 Å². The average Bonchev–Trinajstić information content (AvgIpc) is 3.09. The predicted molar refractivity (Wildman–Crippen MR) is 126 cm³/mol. The zero-order valence-corrected chi connectivity index (χ0v) is 20.8. The molecule has 1 fully saturated rings. The van der Waals surface area contributed by atoms with Gasteiger partial charge in [-0.3, -0.25) is 4.79 Å². The summed E-state index contributed by atoms with van der Waals surface area (Å²) in [6.45, 7) is 6.06. The molecule has 1 saturated heterocycles. The zero-order valence-electron chi connectivity index (χ0n) is 18.5. The first-order valence-electron chi connectivity index (χ1n) is 9.98. The number of ether oxygens (including phenoxy) is 1. The van der Waals surface area contributed by atoms with Crippen LogP contribution in [0, 0.1) is 6.92 Å². The second kappa shape index (κ2) is 12.7. The molecule has 0 saturated carbocycles. The highest BCUT2D eigenvalue weighted by Gasteiger charge is 2.25. The number of carbonyl (C=O) groups is 2. The molecule has 0 unspecified atom stereocenters. The molecule has 0 bridgehead atoms. The van der Waals surface area contributed by atoms with Crippen molar-refractivity contribution in [1.82, 2.24) is 20.0 Å². The second-order valence-corrected chi connectivity index (χ2v) is 7.39. The fourth-order valence-corrected chi connectivity index (χ4v) is 3.07. The zero-order chi connectivity index (χ0) is 21.4. The summed E-state index contributed by atoms with van der Waals surface area (Å²) in [7, 11) is 5.37. The Morgan fingerprint density at radius 3 is 2.50 bits per heavy atom. The first-order chi connectivity index (χ1) is 13.8. The summed E-state index contributed by atoms with van der Waals surface area (Å²) in [6, 6.07) is 2.11. The smallest absolute Gasteiger partial charge is 0.409 e. The number of aryl methyl sites for hydroxylation is 1. The van der Waals surface area contributed by atoms with E-state index in [-0.39, 0.29) is 48.6 Å². The Morgan fingerprint density at radius 2 is 1.97 bits per heavy atom. The maximum atomic E-state index is 12.0. The Balaban J connectivity index is 0.00000450. The van der Waals surface area contributed by atoms with Crippen molar-refractivity contribution < 1.29 is 18.7 Å². The summed E-state index contributed by atoms with van der Waals surface area (Å²) in [5.41, 5.74) is 1.07. The number of piperidine rings is 1. The van der Waals surface area contributed by atoms with Gasteiger partial charge in [0.05, 0.1) is 12.9 Å². The van der Waals surface area contributed by atoms with Crippen molar-refractivity contribution in [3.8, 4) is 0 Å². The Hall–Kier alpha value is -1.98. The molecule has 2 heterocycles. The Labute approximate surface area is 195 Å². The topological polar surface area (TPSA) is 90.6 Å². The predicted octanol–water partition coefficient (Wildman–Crippen LogP) is 2.29. The molecule has 30 heavy (non-hydrogen) atoms. The molecular formula is C20H34IN5O4. The van der Waals surface area contributed by atoms with Crippen LogP contribution in [0.15, 0.2) is 21.7 Å². The number of likely N-dealkylation sites (N-methyl/N-ethyl adjacent to an activating group) is 1. The molecule has 10 heteroatoms. The average molecular weight is 535 g/mol.